The van der Waals surface area contributed by atoms with Crippen molar-refractivity contribution in [2.24, 2.45) is 0 Å². The summed E-state index contributed by atoms with van der Waals surface area (Å²) in [4.78, 5) is 12.6. The summed E-state index contributed by atoms with van der Waals surface area (Å²) < 4.78 is 11.8. The summed E-state index contributed by atoms with van der Waals surface area (Å²) >= 11 is 2.94. The Morgan fingerprint density at radius 3 is 2.68 bits per heavy atom. The predicted molar refractivity (Wildman–Crippen MR) is 112 cm³/mol. The van der Waals surface area contributed by atoms with Crippen LogP contribution >= 0.6 is 23.1 Å². The van der Waals surface area contributed by atoms with Crippen LogP contribution in [-0.2, 0) is 10.5 Å². The molecule has 146 valence electrons. The van der Waals surface area contributed by atoms with E-state index >= 15 is 0 Å². The number of nitrogens with one attached hydrogen (secondary N) is 1. The number of methoxy groups -OCH3 is 1. The van der Waals surface area contributed by atoms with Gasteiger partial charge in [-0.05, 0) is 24.1 Å². The molecule has 1 amide bonds. The number of benzene rings is 2. The summed E-state index contributed by atoms with van der Waals surface area (Å²) in [5.41, 5.74) is 1.21. The zero-order valence-electron chi connectivity index (χ0n) is 15.6. The lowest BCUT2D eigenvalue weighted by Crippen LogP contribution is -2.32. The third kappa shape index (κ3) is 5.71. The molecular formula is C20H21N3O3S2. The fraction of sp³-hybridized carbons (Fsp3) is 0.250. The lowest BCUT2D eigenvalue weighted by atomic mass is 10.2. The number of hydrogen-bond donors (Lipinski definition) is 1. The van der Waals surface area contributed by atoms with Gasteiger partial charge in [-0.25, -0.2) is 0 Å². The Hall–Kier alpha value is -2.58. The van der Waals surface area contributed by atoms with E-state index in [9.17, 15) is 4.79 Å². The number of nitrogens with zero attached hydrogens (tertiary/aromatic N) is 2. The van der Waals surface area contributed by atoms with Crippen molar-refractivity contribution in [3.05, 3.63) is 60.2 Å². The number of thioether (sulfide) groups is 1. The molecule has 0 unspecified atom stereocenters. The fourth-order valence-corrected chi connectivity index (χ4v) is 4.10. The van der Waals surface area contributed by atoms with E-state index in [1.165, 1.54) is 16.9 Å². The molecule has 6 nitrogen and oxygen atoms in total. The van der Waals surface area contributed by atoms with E-state index in [-0.39, 0.29) is 5.91 Å². The van der Waals surface area contributed by atoms with Crippen molar-refractivity contribution in [1.29, 1.82) is 0 Å². The second kappa shape index (κ2) is 10.1. The van der Waals surface area contributed by atoms with E-state index in [4.69, 9.17) is 9.47 Å². The van der Waals surface area contributed by atoms with Gasteiger partial charge in [0, 0.05) is 11.8 Å². The van der Waals surface area contributed by atoms with Crippen LogP contribution in [0, 0.1) is 0 Å². The molecule has 0 fully saturated rings. The van der Waals surface area contributed by atoms with Gasteiger partial charge in [0.2, 0.25) is 5.13 Å². The van der Waals surface area contributed by atoms with Crippen LogP contribution in [0.15, 0.2) is 58.9 Å². The third-order valence-corrected chi connectivity index (χ3v) is 5.87. The lowest BCUT2D eigenvalue weighted by molar-refractivity contribution is -0.122. The van der Waals surface area contributed by atoms with Crippen molar-refractivity contribution in [2.75, 3.05) is 12.4 Å². The van der Waals surface area contributed by atoms with E-state index in [1.807, 2.05) is 37.3 Å². The van der Waals surface area contributed by atoms with Gasteiger partial charge in [-0.1, -0.05) is 66.4 Å². The second-order valence-corrected chi connectivity index (χ2v) is 8.03. The van der Waals surface area contributed by atoms with E-state index < -0.39 is 6.10 Å². The number of hydrogen-bond acceptors (Lipinski definition) is 7. The van der Waals surface area contributed by atoms with E-state index in [1.54, 1.807) is 31.0 Å². The number of carbonyl (C=O) groups is 1. The van der Waals surface area contributed by atoms with Crippen LogP contribution in [0.4, 0.5) is 5.13 Å². The average Bonchev–Trinajstić information content (AvgIpc) is 3.18. The van der Waals surface area contributed by atoms with Gasteiger partial charge in [0.25, 0.3) is 5.91 Å². The normalized spacial score (nSPS) is 11.6. The fourth-order valence-electron chi connectivity index (χ4n) is 2.38. The Balaban J connectivity index is 1.56. The first-order chi connectivity index (χ1) is 13.7. The highest BCUT2D eigenvalue weighted by molar-refractivity contribution is 8.00. The first kappa shape index (κ1) is 20.2. The van der Waals surface area contributed by atoms with Crippen LogP contribution in [0.1, 0.15) is 18.9 Å². The molecule has 0 spiro atoms. The van der Waals surface area contributed by atoms with Crippen molar-refractivity contribution in [3.8, 4) is 11.5 Å². The molecule has 0 aliphatic carbocycles. The molecule has 3 aromatic rings. The summed E-state index contributed by atoms with van der Waals surface area (Å²) in [7, 11) is 1.59. The van der Waals surface area contributed by atoms with Crippen LogP contribution in [0.25, 0.3) is 0 Å². The van der Waals surface area contributed by atoms with Crippen LogP contribution in [0.5, 0.6) is 11.5 Å². The summed E-state index contributed by atoms with van der Waals surface area (Å²) in [5, 5.41) is 11.5. The number of ether oxygens (including phenoxy) is 2. The molecule has 0 radical (unpaired) electrons. The Bertz CT molecular complexity index is 902. The molecule has 0 aliphatic heterocycles. The highest BCUT2D eigenvalue weighted by Crippen LogP contribution is 2.28. The van der Waals surface area contributed by atoms with Gasteiger partial charge in [-0.3, -0.25) is 10.1 Å². The number of anilines is 1. The van der Waals surface area contributed by atoms with Crippen molar-refractivity contribution in [1.82, 2.24) is 10.2 Å². The quantitative estimate of drug-likeness (QED) is 0.406. The van der Waals surface area contributed by atoms with Crippen LogP contribution < -0.4 is 14.8 Å². The SMILES string of the molecule is CC[C@@H](Oc1cccc(OC)c1)C(=O)Nc1nnc(SCc2ccccc2)s1. The molecule has 1 atom stereocenters. The van der Waals surface area contributed by atoms with Gasteiger partial charge in [-0.15, -0.1) is 10.2 Å². The molecule has 1 N–H and O–H groups in total. The highest BCUT2D eigenvalue weighted by Gasteiger charge is 2.20. The van der Waals surface area contributed by atoms with Crippen molar-refractivity contribution in [2.45, 2.75) is 29.5 Å². The standard InChI is InChI=1S/C20H21N3O3S2/c1-3-17(26-16-11-7-10-15(12-16)25-2)18(24)21-19-22-23-20(28-19)27-13-14-8-5-4-6-9-14/h4-12,17H,3,13H2,1-2H3,(H,21,22,24)/t17-/m1/s1. The van der Waals surface area contributed by atoms with Gasteiger partial charge in [0.1, 0.15) is 11.5 Å². The molecular weight excluding hydrogens is 394 g/mol. The molecule has 1 aromatic heterocycles. The highest BCUT2D eigenvalue weighted by atomic mass is 32.2. The molecule has 8 heteroatoms. The molecule has 0 saturated heterocycles. The zero-order chi connectivity index (χ0) is 19.8. The number of aromatic nitrogens is 2. The van der Waals surface area contributed by atoms with Crippen LogP contribution in [0.3, 0.4) is 0 Å². The third-order valence-electron chi connectivity index (χ3n) is 3.82. The maximum absolute atomic E-state index is 12.6. The number of rotatable bonds is 9. The first-order valence-electron chi connectivity index (χ1n) is 8.79. The molecule has 0 aliphatic rings. The van der Waals surface area contributed by atoms with E-state index in [2.05, 4.69) is 27.6 Å². The Kier molecular flexibility index (Phi) is 7.27. The van der Waals surface area contributed by atoms with Gasteiger partial charge < -0.3 is 9.47 Å². The Morgan fingerprint density at radius 1 is 1.14 bits per heavy atom. The first-order valence-corrected chi connectivity index (χ1v) is 10.6. The minimum atomic E-state index is -0.628. The molecule has 0 bridgehead atoms. The maximum atomic E-state index is 12.6. The summed E-state index contributed by atoms with van der Waals surface area (Å²) in [6.07, 6.45) is -0.103. The van der Waals surface area contributed by atoms with Crippen molar-refractivity contribution in [3.63, 3.8) is 0 Å². The van der Waals surface area contributed by atoms with Crippen molar-refractivity contribution < 1.29 is 14.3 Å². The maximum Gasteiger partial charge on any atom is 0.267 e. The Labute approximate surface area is 172 Å². The van der Waals surface area contributed by atoms with Crippen molar-refractivity contribution >= 4 is 34.1 Å². The summed E-state index contributed by atoms with van der Waals surface area (Å²) in [6.45, 7) is 1.89. The number of carbonyl (C=O) groups excluding carboxylic acids is 1. The minimum absolute atomic E-state index is 0.249. The summed E-state index contributed by atoms with van der Waals surface area (Å²) in [5.74, 6) is 1.82. The monoisotopic (exact) mass is 415 g/mol. The van der Waals surface area contributed by atoms with E-state index in [0.29, 0.717) is 23.1 Å². The van der Waals surface area contributed by atoms with Gasteiger partial charge >= 0.3 is 0 Å². The topological polar surface area (TPSA) is 73.3 Å². The average molecular weight is 416 g/mol. The minimum Gasteiger partial charge on any atom is -0.497 e. The van der Waals surface area contributed by atoms with Gasteiger partial charge in [-0.2, -0.15) is 0 Å². The zero-order valence-corrected chi connectivity index (χ0v) is 17.3. The smallest absolute Gasteiger partial charge is 0.267 e. The molecule has 1 heterocycles. The van der Waals surface area contributed by atoms with Gasteiger partial charge in [0.15, 0.2) is 10.4 Å². The second-order valence-electron chi connectivity index (χ2n) is 5.83. The van der Waals surface area contributed by atoms with Gasteiger partial charge in [0.05, 0.1) is 7.11 Å². The predicted octanol–water partition coefficient (Wildman–Crippen LogP) is 4.64. The van der Waals surface area contributed by atoms with Crippen LogP contribution in [-0.4, -0.2) is 29.3 Å². The molecule has 28 heavy (non-hydrogen) atoms. The van der Waals surface area contributed by atoms with Crippen LogP contribution in [0.2, 0.25) is 0 Å². The number of amides is 1. The summed E-state index contributed by atoms with van der Waals surface area (Å²) in [6, 6.07) is 17.3. The molecule has 3 rings (SSSR count). The molecule has 2 aromatic carbocycles. The molecule has 0 saturated carbocycles. The Morgan fingerprint density at radius 2 is 1.93 bits per heavy atom. The lowest BCUT2D eigenvalue weighted by Gasteiger charge is -2.16. The van der Waals surface area contributed by atoms with E-state index in [0.717, 1.165) is 10.1 Å². The largest absolute Gasteiger partial charge is 0.497 e.